The standard InChI is InChI=1S/C14H11BrF3N/c1-8-4-11(16)3-2-9(8)7-19-14-12(17)5-10(15)6-13(14)18/h2-6,19H,7H2,1H3. The molecule has 2 rings (SSSR count). The largest absolute Gasteiger partial charge is 0.376 e. The van der Waals surface area contributed by atoms with Gasteiger partial charge >= 0.3 is 0 Å². The zero-order valence-electron chi connectivity index (χ0n) is 10.1. The first-order valence-electron chi connectivity index (χ1n) is 5.61. The molecule has 0 radical (unpaired) electrons. The Labute approximate surface area is 117 Å². The van der Waals surface area contributed by atoms with Gasteiger partial charge in [0, 0.05) is 11.0 Å². The van der Waals surface area contributed by atoms with Gasteiger partial charge < -0.3 is 5.32 Å². The summed E-state index contributed by atoms with van der Waals surface area (Å²) in [6, 6.07) is 6.65. The summed E-state index contributed by atoms with van der Waals surface area (Å²) in [4.78, 5) is 0. The van der Waals surface area contributed by atoms with Crippen LogP contribution < -0.4 is 5.32 Å². The summed E-state index contributed by atoms with van der Waals surface area (Å²) < 4.78 is 40.4. The highest BCUT2D eigenvalue weighted by Crippen LogP contribution is 2.24. The van der Waals surface area contributed by atoms with Crippen LogP contribution in [0, 0.1) is 24.4 Å². The van der Waals surface area contributed by atoms with Crippen molar-refractivity contribution in [3.8, 4) is 0 Å². The van der Waals surface area contributed by atoms with Crippen LogP contribution in [0.5, 0.6) is 0 Å². The first-order valence-corrected chi connectivity index (χ1v) is 6.40. The van der Waals surface area contributed by atoms with Gasteiger partial charge in [-0.3, -0.25) is 0 Å². The van der Waals surface area contributed by atoms with Gasteiger partial charge in [0.15, 0.2) is 0 Å². The number of rotatable bonds is 3. The fraction of sp³-hybridized carbons (Fsp3) is 0.143. The quantitative estimate of drug-likeness (QED) is 0.853. The maximum atomic E-state index is 13.6. The Morgan fingerprint density at radius 3 is 2.26 bits per heavy atom. The van der Waals surface area contributed by atoms with E-state index in [1.54, 1.807) is 13.0 Å². The lowest BCUT2D eigenvalue weighted by Crippen LogP contribution is -2.05. The zero-order chi connectivity index (χ0) is 14.0. The Hall–Kier alpha value is -1.49. The third-order valence-electron chi connectivity index (χ3n) is 2.77. The van der Waals surface area contributed by atoms with Crippen LogP contribution in [-0.4, -0.2) is 0 Å². The lowest BCUT2D eigenvalue weighted by atomic mass is 10.1. The minimum atomic E-state index is -0.674. The maximum Gasteiger partial charge on any atom is 0.150 e. The molecule has 1 N–H and O–H groups in total. The van der Waals surface area contributed by atoms with Gasteiger partial charge in [-0.1, -0.05) is 22.0 Å². The van der Waals surface area contributed by atoms with Crippen molar-refractivity contribution < 1.29 is 13.2 Å². The fourth-order valence-corrected chi connectivity index (χ4v) is 2.15. The normalized spacial score (nSPS) is 10.6. The van der Waals surface area contributed by atoms with E-state index in [0.29, 0.717) is 4.47 Å². The first-order chi connectivity index (χ1) is 8.97. The number of nitrogens with one attached hydrogen (secondary N) is 1. The fourth-order valence-electron chi connectivity index (χ4n) is 1.75. The van der Waals surface area contributed by atoms with E-state index in [1.165, 1.54) is 24.3 Å². The summed E-state index contributed by atoms with van der Waals surface area (Å²) in [6.07, 6.45) is 0. The SMILES string of the molecule is Cc1cc(F)ccc1CNc1c(F)cc(Br)cc1F. The average molecular weight is 330 g/mol. The topological polar surface area (TPSA) is 12.0 Å². The monoisotopic (exact) mass is 329 g/mol. The van der Waals surface area contributed by atoms with Crippen LogP contribution in [-0.2, 0) is 6.54 Å². The number of halogens is 4. The van der Waals surface area contributed by atoms with E-state index in [4.69, 9.17) is 0 Å². The van der Waals surface area contributed by atoms with E-state index in [1.807, 2.05) is 0 Å². The Morgan fingerprint density at radius 1 is 1.05 bits per heavy atom. The Balaban J connectivity index is 2.19. The summed E-state index contributed by atoms with van der Waals surface area (Å²) >= 11 is 3.01. The second-order valence-electron chi connectivity index (χ2n) is 4.17. The highest BCUT2D eigenvalue weighted by Gasteiger charge is 2.10. The van der Waals surface area contributed by atoms with Crippen LogP contribution in [0.2, 0.25) is 0 Å². The van der Waals surface area contributed by atoms with E-state index in [0.717, 1.165) is 11.1 Å². The van der Waals surface area contributed by atoms with Gasteiger partial charge in [-0.25, -0.2) is 13.2 Å². The number of hydrogen-bond donors (Lipinski definition) is 1. The van der Waals surface area contributed by atoms with Gasteiger partial charge in [-0.05, 0) is 42.3 Å². The Kier molecular flexibility index (Phi) is 4.14. The van der Waals surface area contributed by atoms with Crippen molar-refractivity contribution in [1.82, 2.24) is 0 Å². The van der Waals surface area contributed by atoms with Crippen LogP contribution in [0.1, 0.15) is 11.1 Å². The van der Waals surface area contributed by atoms with Gasteiger partial charge in [0.05, 0.1) is 0 Å². The van der Waals surface area contributed by atoms with E-state index in [9.17, 15) is 13.2 Å². The molecule has 0 aliphatic rings. The molecule has 0 aliphatic carbocycles. The van der Waals surface area contributed by atoms with E-state index < -0.39 is 11.6 Å². The van der Waals surface area contributed by atoms with Crippen LogP contribution >= 0.6 is 15.9 Å². The second kappa shape index (κ2) is 5.65. The van der Waals surface area contributed by atoms with Crippen molar-refractivity contribution in [1.29, 1.82) is 0 Å². The van der Waals surface area contributed by atoms with Crippen molar-refractivity contribution in [2.75, 3.05) is 5.32 Å². The molecule has 5 heteroatoms. The summed E-state index contributed by atoms with van der Waals surface area (Å²) in [5.41, 5.74) is 1.32. The highest BCUT2D eigenvalue weighted by molar-refractivity contribution is 9.10. The summed E-state index contributed by atoms with van der Waals surface area (Å²) in [6.45, 7) is 1.97. The zero-order valence-corrected chi connectivity index (χ0v) is 11.7. The molecule has 19 heavy (non-hydrogen) atoms. The lowest BCUT2D eigenvalue weighted by Gasteiger charge is -2.11. The van der Waals surface area contributed by atoms with Crippen molar-refractivity contribution in [2.24, 2.45) is 0 Å². The molecule has 0 bridgehead atoms. The van der Waals surface area contributed by atoms with E-state index in [2.05, 4.69) is 21.2 Å². The lowest BCUT2D eigenvalue weighted by molar-refractivity contribution is 0.586. The molecule has 0 atom stereocenters. The van der Waals surface area contributed by atoms with Gasteiger partial charge in [0.25, 0.3) is 0 Å². The summed E-state index contributed by atoms with van der Waals surface area (Å²) in [5.74, 6) is -1.68. The molecule has 0 amide bonds. The third kappa shape index (κ3) is 3.29. The molecule has 2 aromatic carbocycles. The van der Waals surface area contributed by atoms with Gasteiger partial charge in [-0.15, -0.1) is 0 Å². The molecule has 0 fully saturated rings. The maximum absolute atomic E-state index is 13.6. The van der Waals surface area contributed by atoms with Crippen molar-refractivity contribution in [3.05, 3.63) is 63.4 Å². The molecule has 0 aromatic heterocycles. The Morgan fingerprint density at radius 2 is 1.68 bits per heavy atom. The van der Waals surface area contributed by atoms with Crippen molar-refractivity contribution in [3.63, 3.8) is 0 Å². The molecule has 0 saturated heterocycles. The number of benzene rings is 2. The van der Waals surface area contributed by atoms with Gasteiger partial charge in [0.2, 0.25) is 0 Å². The average Bonchev–Trinajstić information content (AvgIpc) is 2.30. The second-order valence-corrected chi connectivity index (χ2v) is 5.08. The van der Waals surface area contributed by atoms with Crippen molar-refractivity contribution in [2.45, 2.75) is 13.5 Å². The molecule has 100 valence electrons. The number of aryl methyl sites for hydroxylation is 1. The molecular weight excluding hydrogens is 319 g/mol. The minimum absolute atomic E-state index is 0.188. The number of anilines is 1. The van der Waals surface area contributed by atoms with Crippen molar-refractivity contribution >= 4 is 21.6 Å². The molecule has 1 nitrogen and oxygen atoms in total. The minimum Gasteiger partial charge on any atom is -0.376 e. The predicted octanol–water partition coefficient (Wildman–Crippen LogP) is 4.79. The highest BCUT2D eigenvalue weighted by atomic mass is 79.9. The van der Waals surface area contributed by atoms with E-state index in [-0.39, 0.29) is 18.0 Å². The van der Waals surface area contributed by atoms with Crippen LogP contribution in [0.4, 0.5) is 18.9 Å². The molecule has 2 aromatic rings. The predicted molar refractivity (Wildman–Crippen MR) is 72.5 cm³/mol. The molecule has 0 aliphatic heterocycles. The Bertz CT molecular complexity index is 591. The number of hydrogen-bond acceptors (Lipinski definition) is 1. The van der Waals surface area contributed by atoms with Crippen LogP contribution in [0.15, 0.2) is 34.8 Å². The van der Waals surface area contributed by atoms with Gasteiger partial charge in [0.1, 0.15) is 23.1 Å². The molecule has 0 saturated carbocycles. The summed E-state index contributed by atoms with van der Waals surface area (Å²) in [7, 11) is 0. The van der Waals surface area contributed by atoms with E-state index >= 15 is 0 Å². The smallest absolute Gasteiger partial charge is 0.150 e. The molecular formula is C14H11BrF3N. The first kappa shape index (κ1) is 13.9. The molecule has 0 unspecified atom stereocenters. The summed E-state index contributed by atoms with van der Waals surface area (Å²) in [5, 5.41) is 2.69. The third-order valence-corrected chi connectivity index (χ3v) is 3.22. The van der Waals surface area contributed by atoms with Gasteiger partial charge in [-0.2, -0.15) is 0 Å². The van der Waals surface area contributed by atoms with Crippen LogP contribution in [0.3, 0.4) is 0 Å². The molecule has 0 spiro atoms. The molecule has 0 heterocycles. The van der Waals surface area contributed by atoms with Crippen LogP contribution in [0.25, 0.3) is 0 Å².